The molecule has 2 heteroatoms. The van der Waals surface area contributed by atoms with E-state index in [-0.39, 0.29) is 11.7 Å². The molecule has 0 spiro atoms. The minimum Gasteiger partial charge on any atom is -0.294 e. The number of hydrogen-bond donors (Lipinski definition) is 0. The summed E-state index contributed by atoms with van der Waals surface area (Å²) < 4.78 is 12.6. The van der Waals surface area contributed by atoms with Crippen LogP contribution in [0.25, 0.3) is 0 Å². The molecule has 0 heterocycles. The number of halogens is 1. The van der Waals surface area contributed by atoms with Gasteiger partial charge in [-0.3, -0.25) is 4.79 Å². The van der Waals surface area contributed by atoms with Gasteiger partial charge < -0.3 is 0 Å². The number of alkyl halides is 1. The predicted molar refractivity (Wildman–Crippen MR) is 44.5 cm³/mol. The van der Waals surface area contributed by atoms with Crippen LogP contribution in [0.15, 0.2) is 23.8 Å². The second-order valence-electron chi connectivity index (χ2n) is 3.41. The first-order valence-electron chi connectivity index (χ1n) is 4.34. The van der Waals surface area contributed by atoms with Crippen LogP contribution in [-0.4, -0.2) is 12.0 Å². The Bertz CT molecular complexity index is 261. The summed E-state index contributed by atoms with van der Waals surface area (Å²) in [5.74, 6) is 0.454. The van der Waals surface area contributed by atoms with E-state index in [1.807, 2.05) is 0 Å². The minimum absolute atomic E-state index is 0.207. The highest BCUT2D eigenvalue weighted by atomic mass is 19.1. The lowest BCUT2D eigenvalue weighted by atomic mass is 10.00. The Morgan fingerprint density at radius 2 is 2.25 bits per heavy atom. The van der Waals surface area contributed by atoms with E-state index in [9.17, 15) is 9.18 Å². The van der Waals surface area contributed by atoms with Crippen LogP contribution in [0.4, 0.5) is 4.39 Å². The molecule has 1 unspecified atom stereocenters. The van der Waals surface area contributed by atoms with Crippen LogP contribution in [-0.2, 0) is 4.79 Å². The van der Waals surface area contributed by atoms with Crippen molar-refractivity contribution >= 4 is 5.78 Å². The molecule has 0 aromatic heterocycles. The number of hydrogen-bond acceptors (Lipinski definition) is 1. The second-order valence-corrected chi connectivity index (χ2v) is 3.41. The Morgan fingerprint density at radius 1 is 1.50 bits per heavy atom. The van der Waals surface area contributed by atoms with Crippen molar-refractivity contribution in [2.75, 3.05) is 0 Å². The molecule has 12 heavy (non-hydrogen) atoms. The van der Waals surface area contributed by atoms with E-state index < -0.39 is 6.17 Å². The third-order valence-corrected chi connectivity index (χ3v) is 2.28. The fourth-order valence-electron chi connectivity index (χ4n) is 1.36. The molecular weight excluding hydrogens is 155 g/mol. The van der Waals surface area contributed by atoms with Crippen LogP contribution in [0.2, 0.25) is 0 Å². The van der Waals surface area contributed by atoms with Crippen LogP contribution >= 0.6 is 0 Å². The van der Waals surface area contributed by atoms with Gasteiger partial charge in [0, 0.05) is 17.9 Å². The number of ketones is 1. The molecule has 2 rings (SSSR count). The number of Topliss-reactive ketones (excluding diaryl/α,β-unsaturated/α-hetero) is 1. The molecule has 0 saturated heterocycles. The number of rotatable bonds is 2. The van der Waals surface area contributed by atoms with Gasteiger partial charge in [0.05, 0.1) is 0 Å². The summed E-state index contributed by atoms with van der Waals surface area (Å²) in [5.41, 5.74) is 0.714. The smallest absolute Gasteiger partial charge is 0.165 e. The summed E-state index contributed by atoms with van der Waals surface area (Å²) >= 11 is 0. The molecule has 0 N–H and O–H groups in total. The molecule has 0 radical (unpaired) electrons. The Balaban J connectivity index is 2.05. The highest BCUT2D eigenvalue weighted by Crippen LogP contribution is 2.33. The van der Waals surface area contributed by atoms with Gasteiger partial charge in [-0.25, -0.2) is 4.39 Å². The summed E-state index contributed by atoms with van der Waals surface area (Å²) in [6.45, 7) is 0. The highest BCUT2D eigenvalue weighted by Gasteiger charge is 2.31. The first-order valence-corrected chi connectivity index (χ1v) is 4.34. The third kappa shape index (κ3) is 1.47. The van der Waals surface area contributed by atoms with Gasteiger partial charge in [0.25, 0.3) is 0 Å². The standard InChI is InChI=1S/C10H11FO/c11-9-5-3-8(4-6-9)10(12)7-1-2-7/h3-5,7,9H,1-2,6H2. The first kappa shape index (κ1) is 7.71. The number of carbonyl (C=O) groups is 1. The Kier molecular flexibility index (Phi) is 1.83. The quantitative estimate of drug-likeness (QED) is 0.614. The van der Waals surface area contributed by atoms with E-state index in [1.165, 1.54) is 6.08 Å². The third-order valence-electron chi connectivity index (χ3n) is 2.28. The topological polar surface area (TPSA) is 17.1 Å². The summed E-state index contributed by atoms with van der Waals surface area (Å²) in [6.07, 6.45) is 6.31. The summed E-state index contributed by atoms with van der Waals surface area (Å²) in [6, 6.07) is 0. The Hall–Kier alpha value is -0.920. The lowest BCUT2D eigenvalue weighted by molar-refractivity contribution is -0.116. The average Bonchev–Trinajstić information content (AvgIpc) is 2.87. The molecule has 1 saturated carbocycles. The summed E-state index contributed by atoms with van der Waals surface area (Å²) in [5, 5.41) is 0. The monoisotopic (exact) mass is 166 g/mol. The van der Waals surface area contributed by atoms with Gasteiger partial charge in [-0.15, -0.1) is 0 Å². The van der Waals surface area contributed by atoms with Gasteiger partial charge >= 0.3 is 0 Å². The van der Waals surface area contributed by atoms with Crippen LogP contribution in [0.1, 0.15) is 19.3 Å². The number of carbonyl (C=O) groups excluding carboxylic acids is 1. The molecule has 1 atom stereocenters. The van der Waals surface area contributed by atoms with E-state index in [2.05, 4.69) is 0 Å². The van der Waals surface area contributed by atoms with Crippen molar-refractivity contribution in [3.8, 4) is 0 Å². The maximum absolute atomic E-state index is 12.6. The molecule has 64 valence electrons. The number of allylic oxidation sites excluding steroid dienone is 4. The zero-order valence-electron chi connectivity index (χ0n) is 6.79. The molecule has 0 aromatic carbocycles. The van der Waals surface area contributed by atoms with E-state index in [1.54, 1.807) is 12.2 Å². The van der Waals surface area contributed by atoms with Crippen LogP contribution in [0.3, 0.4) is 0 Å². The van der Waals surface area contributed by atoms with Gasteiger partial charge in [-0.05, 0) is 18.9 Å². The van der Waals surface area contributed by atoms with Crippen molar-refractivity contribution in [1.29, 1.82) is 0 Å². The minimum atomic E-state index is -0.888. The zero-order valence-corrected chi connectivity index (χ0v) is 6.79. The fourth-order valence-corrected chi connectivity index (χ4v) is 1.36. The zero-order chi connectivity index (χ0) is 8.55. The van der Waals surface area contributed by atoms with Gasteiger partial charge in [-0.2, -0.15) is 0 Å². The molecular formula is C10H11FO. The lowest BCUT2D eigenvalue weighted by Gasteiger charge is -2.07. The maximum Gasteiger partial charge on any atom is 0.165 e. The summed E-state index contributed by atoms with van der Waals surface area (Å²) in [4.78, 5) is 11.4. The molecule has 0 aromatic rings. The summed E-state index contributed by atoms with van der Waals surface area (Å²) in [7, 11) is 0. The fraction of sp³-hybridized carbons (Fsp3) is 0.500. The SMILES string of the molecule is O=C(C1=CCC(F)C=C1)C1CC1. The van der Waals surface area contributed by atoms with Gasteiger partial charge in [0.15, 0.2) is 5.78 Å². The van der Waals surface area contributed by atoms with Gasteiger partial charge in [-0.1, -0.05) is 12.2 Å². The molecule has 2 aliphatic rings. The van der Waals surface area contributed by atoms with Crippen molar-refractivity contribution < 1.29 is 9.18 Å². The normalized spacial score (nSPS) is 28.4. The molecule has 0 amide bonds. The largest absolute Gasteiger partial charge is 0.294 e. The van der Waals surface area contributed by atoms with Crippen molar-refractivity contribution in [2.24, 2.45) is 5.92 Å². The Labute approximate surface area is 71.0 Å². The van der Waals surface area contributed by atoms with E-state index >= 15 is 0 Å². The van der Waals surface area contributed by atoms with Gasteiger partial charge in [0.1, 0.15) is 6.17 Å². The molecule has 1 fully saturated rings. The Morgan fingerprint density at radius 3 is 2.75 bits per heavy atom. The highest BCUT2D eigenvalue weighted by molar-refractivity contribution is 6.01. The van der Waals surface area contributed by atoms with Crippen LogP contribution in [0.5, 0.6) is 0 Å². The van der Waals surface area contributed by atoms with Crippen molar-refractivity contribution in [2.45, 2.75) is 25.4 Å². The van der Waals surface area contributed by atoms with Crippen molar-refractivity contribution in [1.82, 2.24) is 0 Å². The van der Waals surface area contributed by atoms with E-state index in [0.29, 0.717) is 12.0 Å². The molecule has 1 nitrogen and oxygen atoms in total. The molecule has 0 bridgehead atoms. The maximum atomic E-state index is 12.6. The van der Waals surface area contributed by atoms with Gasteiger partial charge in [0.2, 0.25) is 0 Å². The first-order chi connectivity index (χ1) is 5.77. The molecule has 2 aliphatic carbocycles. The predicted octanol–water partition coefficient (Wildman–Crippen LogP) is 2.19. The second kappa shape index (κ2) is 2.85. The lowest BCUT2D eigenvalue weighted by Crippen LogP contribution is -2.08. The van der Waals surface area contributed by atoms with Crippen molar-refractivity contribution in [3.05, 3.63) is 23.8 Å². The van der Waals surface area contributed by atoms with Crippen molar-refractivity contribution in [3.63, 3.8) is 0 Å². The average molecular weight is 166 g/mol. The molecule has 0 aliphatic heterocycles. The van der Waals surface area contributed by atoms with E-state index in [4.69, 9.17) is 0 Å². The van der Waals surface area contributed by atoms with E-state index in [0.717, 1.165) is 12.8 Å². The van der Waals surface area contributed by atoms with Crippen LogP contribution < -0.4 is 0 Å². The van der Waals surface area contributed by atoms with Crippen LogP contribution in [0, 0.1) is 5.92 Å².